The lowest BCUT2D eigenvalue weighted by Gasteiger charge is -2.04. The number of carboxylic acids is 1. The Balaban J connectivity index is 2.36. The van der Waals surface area contributed by atoms with Crippen molar-refractivity contribution in [2.45, 2.75) is 0 Å². The fourth-order valence-corrected chi connectivity index (χ4v) is 2.53. The first-order chi connectivity index (χ1) is 10.1. The Hall–Kier alpha value is -2.65. The summed E-state index contributed by atoms with van der Waals surface area (Å²) in [6.45, 7) is 0. The number of benzene rings is 2. The van der Waals surface area contributed by atoms with E-state index < -0.39 is 5.97 Å². The van der Waals surface area contributed by atoms with Crippen LogP contribution in [0.5, 0.6) is 0 Å². The van der Waals surface area contributed by atoms with Crippen LogP contribution in [-0.2, 0) is 0 Å². The van der Waals surface area contributed by atoms with Gasteiger partial charge in [-0.1, -0.05) is 22.0 Å². The lowest BCUT2D eigenvalue weighted by atomic mass is 10.1. The Morgan fingerprint density at radius 3 is 2.76 bits per heavy atom. The lowest BCUT2D eigenvalue weighted by molar-refractivity contribution is 0.0692. The zero-order valence-electron chi connectivity index (χ0n) is 10.6. The van der Waals surface area contributed by atoms with Gasteiger partial charge in [0.2, 0.25) is 0 Å². The van der Waals surface area contributed by atoms with Gasteiger partial charge in [0.15, 0.2) is 5.69 Å². The zero-order chi connectivity index (χ0) is 15.0. The molecule has 0 atom stereocenters. The SMILES string of the molecule is N#Cc1ccc2c(C(=O)O)nn(-c3cccc(Br)c3)c2c1. The van der Waals surface area contributed by atoms with Crippen LogP contribution in [0, 0.1) is 11.3 Å². The topological polar surface area (TPSA) is 78.9 Å². The molecule has 6 heteroatoms. The van der Waals surface area contributed by atoms with Crippen LogP contribution in [0.3, 0.4) is 0 Å². The minimum absolute atomic E-state index is 0.0329. The molecule has 0 aliphatic carbocycles. The van der Waals surface area contributed by atoms with Crippen molar-refractivity contribution < 1.29 is 9.90 Å². The summed E-state index contributed by atoms with van der Waals surface area (Å²) in [6.07, 6.45) is 0. The summed E-state index contributed by atoms with van der Waals surface area (Å²) >= 11 is 3.38. The van der Waals surface area contributed by atoms with Gasteiger partial charge in [0, 0.05) is 9.86 Å². The summed E-state index contributed by atoms with van der Waals surface area (Å²) in [5.74, 6) is -1.10. The van der Waals surface area contributed by atoms with E-state index in [2.05, 4.69) is 21.0 Å². The second-order valence-corrected chi connectivity index (χ2v) is 5.30. The van der Waals surface area contributed by atoms with Crippen molar-refractivity contribution in [1.82, 2.24) is 9.78 Å². The van der Waals surface area contributed by atoms with Gasteiger partial charge in [0.05, 0.1) is 22.8 Å². The van der Waals surface area contributed by atoms with Crippen LogP contribution in [0.1, 0.15) is 16.1 Å². The Kier molecular flexibility index (Phi) is 3.20. The molecule has 5 nitrogen and oxygen atoms in total. The van der Waals surface area contributed by atoms with Crippen LogP contribution in [-0.4, -0.2) is 20.9 Å². The standard InChI is InChI=1S/C15H8BrN3O2/c16-10-2-1-3-11(7-10)19-13-6-9(8-17)4-5-12(13)14(18-19)15(20)21/h1-7H,(H,20,21). The Morgan fingerprint density at radius 1 is 1.29 bits per heavy atom. The molecule has 1 heterocycles. The van der Waals surface area contributed by atoms with Crippen molar-refractivity contribution in [2.24, 2.45) is 0 Å². The van der Waals surface area contributed by atoms with E-state index in [-0.39, 0.29) is 5.69 Å². The van der Waals surface area contributed by atoms with Crippen molar-refractivity contribution in [3.8, 4) is 11.8 Å². The number of carbonyl (C=O) groups is 1. The molecule has 3 rings (SSSR count). The second-order valence-electron chi connectivity index (χ2n) is 4.39. The summed E-state index contributed by atoms with van der Waals surface area (Å²) in [5.41, 5.74) is 1.73. The van der Waals surface area contributed by atoms with Crippen LogP contribution in [0.2, 0.25) is 0 Å². The highest BCUT2D eigenvalue weighted by molar-refractivity contribution is 9.10. The average Bonchev–Trinajstić information content (AvgIpc) is 2.86. The quantitative estimate of drug-likeness (QED) is 0.775. The van der Waals surface area contributed by atoms with E-state index in [9.17, 15) is 9.90 Å². The number of hydrogen-bond donors (Lipinski definition) is 1. The molecule has 0 amide bonds. The third kappa shape index (κ3) is 2.28. The second kappa shape index (κ2) is 5.04. The van der Waals surface area contributed by atoms with Gasteiger partial charge in [-0.3, -0.25) is 0 Å². The van der Waals surface area contributed by atoms with E-state index in [0.717, 1.165) is 10.2 Å². The number of fused-ring (bicyclic) bond motifs is 1. The highest BCUT2D eigenvalue weighted by Gasteiger charge is 2.17. The van der Waals surface area contributed by atoms with Crippen LogP contribution in [0.15, 0.2) is 46.9 Å². The number of hydrogen-bond acceptors (Lipinski definition) is 3. The van der Waals surface area contributed by atoms with Gasteiger partial charge >= 0.3 is 5.97 Å². The molecule has 21 heavy (non-hydrogen) atoms. The van der Waals surface area contributed by atoms with E-state index in [4.69, 9.17) is 5.26 Å². The number of nitriles is 1. The maximum Gasteiger partial charge on any atom is 0.357 e. The number of aromatic nitrogens is 2. The van der Waals surface area contributed by atoms with E-state index in [1.165, 1.54) is 4.68 Å². The molecule has 0 aliphatic rings. The number of aromatic carboxylic acids is 1. The summed E-state index contributed by atoms with van der Waals surface area (Å²) in [5, 5.41) is 23.0. The molecule has 0 spiro atoms. The highest BCUT2D eigenvalue weighted by Crippen LogP contribution is 2.25. The average molecular weight is 342 g/mol. The van der Waals surface area contributed by atoms with Crippen molar-refractivity contribution in [3.63, 3.8) is 0 Å². The van der Waals surface area contributed by atoms with Crippen molar-refractivity contribution in [1.29, 1.82) is 5.26 Å². The van der Waals surface area contributed by atoms with Crippen LogP contribution in [0.4, 0.5) is 0 Å². The maximum atomic E-state index is 11.3. The molecule has 0 radical (unpaired) electrons. The number of halogens is 1. The smallest absolute Gasteiger partial charge is 0.357 e. The molecule has 102 valence electrons. The molecule has 0 unspecified atom stereocenters. The van der Waals surface area contributed by atoms with Crippen molar-refractivity contribution in [2.75, 3.05) is 0 Å². The summed E-state index contributed by atoms with van der Waals surface area (Å²) in [7, 11) is 0. The minimum Gasteiger partial charge on any atom is -0.476 e. The molecular formula is C15H8BrN3O2. The van der Waals surface area contributed by atoms with Crippen molar-refractivity contribution in [3.05, 3.63) is 58.2 Å². The molecule has 1 N–H and O–H groups in total. The minimum atomic E-state index is -1.10. The largest absolute Gasteiger partial charge is 0.476 e. The number of rotatable bonds is 2. The van der Waals surface area contributed by atoms with E-state index in [1.54, 1.807) is 18.2 Å². The molecule has 0 bridgehead atoms. The summed E-state index contributed by atoms with van der Waals surface area (Å²) in [4.78, 5) is 11.3. The molecule has 1 aromatic heterocycles. The third-order valence-corrected chi connectivity index (χ3v) is 3.56. The zero-order valence-corrected chi connectivity index (χ0v) is 12.2. The molecule has 0 aliphatic heterocycles. The van der Waals surface area contributed by atoms with Gasteiger partial charge in [-0.15, -0.1) is 0 Å². The number of carboxylic acid groups (broad SMARTS) is 1. The normalized spacial score (nSPS) is 10.5. The van der Waals surface area contributed by atoms with Gasteiger partial charge in [0.25, 0.3) is 0 Å². The van der Waals surface area contributed by atoms with Gasteiger partial charge < -0.3 is 5.11 Å². The van der Waals surface area contributed by atoms with Crippen LogP contribution < -0.4 is 0 Å². The van der Waals surface area contributed by atoms with Gasteiger partial charge in [0.1, 0.15) is 0 Å². The highest BCUT2D eigenvalue weighted by atomic mass is 79.9. The monoisotopic (exact) mass is 341 g/mol. The molecule has 3 aromatic rings. The van der Waals surface area contributed by atoms with E-state index >= 15 is 0 Å². The van der Waals surface area contributed by atoms with Crippen LogP contribution >= 0.6 is 15.9 Å². The Bertz CT molecular complexity index is 909. The molecule has 2 aromatic carbocycles. The van der Waals surface area contributed by atoms with Gasteiger partial charge in [-0.25, -0.2) is 9.48 Å². The van der Waals surface area contributed by atoms with E-state index in [1.807, 2.05) is 30.3 Å². The molecular weight excluding hydrogens is 334 g/mol. The predicted molar refractivity (Wildman–Crippen MR) is 80.4 cm³/mol. The predicted octanol–water partition coefficient (Wildman–Crippen LogP) is 3.36. The fraction of sp³-hybridized carbons (Fsp3) is 0. The van der Waals surface area contributed by atoms with Crippen molar-refractivity contribution >= 4 is 32.8 Å². The maximum absolute atomic E-state index is 11.3. The first-order valence-corrected chi connectivity index (χ1v) is 6.81. The molecule has 0 saturated carbocycles. The van der Waals surface area contributed by atoms with Crippen LogP contribution in [0.25, 0.3) is 16.6 Å². The lowest BCUT2D eigenvalue weighted by Crippen LogP contribution is -2.01. The first kappa shape index (κ1) is 13.3. The summed E-state index contributed by atoms with van der Waals surface area (Å²) in [6, 6.07) is 14.2. The number of nitrogens with zero attached hydrogens (tertiary/aromatic N) is 3. The fourth-order valence-electron chi connectivity index (χ4n) is 2.15. The first-order valence-electron chi connectivity index (χ1n) is 6.02. The molecule has 0 saturated heterocycles. The van der Waals surface area contributed by atoms with E-state index in [0.29, 0.717) is 16.5 Å². The summed E-state index contributed by atoms with van der Waals surface area (Å²) < 4.78 is 2.39. The Labute approximate surface area is 128 Å². The third-order valence-electron chi connectivity index (χ3n) is 3.07. The van der Waals surface area contributed by atoms with Gasteiger partial charge in [-0.05, 0) is 36.4 Å². The van der Waals surface area contributed by atoms with Gasteiger partial charge in [-0.2, -0.15) is 10.4 Å². The molecule has 0 fully saturated rings. The Morgan fingerprint density at radius 2 is 2.10 bits per heavy atom.